The van der Waals surface area contributed by atoms with Gasteiger partial charge in [-0.25, -0.2) is 4.98 Å². The van der Waals surface area contributed by atoms with Crippen molar-refractivity contribution in [3.8, 4) is 11.3 Å². The molecule has 0 spiro atoms. The predicted octanol–water partition coefficient (Wildman–Crippen LogP) is 6.71. The number of thiazole rings is 1. The average molecular weight is 533 g/mol. The van der Waals surface area contributed by atoms with Crippen molar-refractivity contribution < 1.29 is 4.79 Å². The fraction of sp³-hybridized carbons (Fsp3) is 0.152. The van der Waals surface area contributed by atoms with Crippen molar-refractivity contribution in [2.24, 2.45) is 5.73 Å². The van der Waals surface area contributed by atoms with Crippen molar-refractivity contribution in [2.45, 2.75) is 33.1 Å². The molecule has 39 heavy (non-hydrogen) atoms. The van der Waals surface area contributed by atoms with E-state index in [1.54, 1.807) is 11.3 Å². The van der Waals surface area contributed by atoms with Crippen LogP contribution in [0.25, 0.3) is 11.3 Å². The molecule has 0 unspecified atom stereocenters. The van der Waals surface area contributed by atoms with Gasteiger partial charge in [-0.05, 0) is 41.3 Å². The molecule has 3 N–H and O–H groups in total. The van der Waals surface area contributed by atoms with Gasteiger partial charge in [0.2, 0.25) is 0 Å². The van der Waals surface area contributed by atoms with Crippen molar-refractivity contribution in [1.82, 2.24) is 10.3 Å². The summed E-state index contributed by atoms with van der Waals surface area (Å²) in [4.78, 5) is 20.0. The molecule has 5 rings (SSSR count). The van der Waals surface area contributed by atoms with Gasteiger partial charge < -0.3 is 16.0 Å². The van der Waals surface area contributed by atoms with Gasteiger partial charge >= 0.3 is 0 Å². The number of hydrogen-bond acceptors (Lipinski definition) is 5. The summed E-state index contributed by atoms with van der Waals surface area (Å²) < 4.78 is 0. The number of aryl methyl sites for hydroxylation is 1. The van der Waals surface area contributed by atoms with Crippen molar-refractivity contribution >= 4 is 22.4 Å². The monoisotopic (exact) mass is 532 g/mol. The highest BCUT2D eigenvalue weighted by Crippen LogP contribution is 2.30. The second-order valence-electron chi connectivity index (χ2n) is 9.63. The number of nitrogens with zero attached hydrogens (tertiary/aromatic N) is 2. The molecule has 1 aromatic heterocycles. The van der Waals surface area contributed by atoms with Crippen molar-refractivity contribution in [3.05, 3.63) is 142 Å². The quantitative estimate of drug-likeness (QED) is 0.210. The Kier molecular flexibility index (Phi) is 8.46. The molecule has 0 aliphatic rings. The third-order valence-electron chi connectivity index (χ3n) is 6.60. The van der Waals surface area contributed by atoms with Gasteiger partial charge in [0.1, 0.15) is 0 Å². The molecule has 0 saturated heterocycles. The highest BCUT2D eigenvalue weighted by atomic mass is 32.1. The van der Waals surface area contributed by atoms with Crippen molar-refractivity contribution in [2.75, 3.05) is 4.90 Å². The number of carbonyl (C=O) groups excluding carboxylic acids is 1. The zero-order valence-electron chi connectivity index (χ0n) is 22.0. The predicted molar refractivity (Wildman–Crippen MR) is 161 cm³/mol. The second-order valence-corrected chi connectivity index (χ2v) is 10.5. The zero-order valence-corrected chi connectivity index (χ0v) is 22.8. The van der Waals surface area contributed by atoms with Crippen LogP contribution in [-0.2, 0) is 26.2 Å². The number of nitrogens with two attached hydrogens (primary N) is 1. The molecule has 0 atom stereocenters. The minimum atomic E-state index is -0.0940. The van der Waals surface area contributed by atoms with Gasteiger partial charge in [0.15, 0.2) is 5.13 Å². The van der Waals surface area contributed by atoms with E-state index in [0.29, 0.717) is 25.2 Å². The van der Waals surface area contributed by atoms with E-state index in [1.807, 2.05) is 54.6 Å². The maximum Gasteiger partial charge on any atom is 0.251 e. The maximum absolute atomic E-state index is 12.8. The minimum absolute atomic E-state index is 0.0940. The first-order valence-corrected chi connectivity index (χ1v) is 13.9. The van der Waals surface area contributed by atoms with E-state index in [2.05, 4.69) is 71.1 Å². The summed E-state index contributed by atoms with van der Waals surface area (Å²) in [5.41, 5.74) is 14.1. The lowest BCUT2D eigenvalue weighted by atomic mass is 10.1. The molecule has 196 valence electrons. The molecule has 6 heteroatoms. The van der Waals surface area contributed by atoms with Crippen LogP contribution in [0.1, 0.15) is 38.2 Å². The van der Waals surface area contributed by atoms with E-state index in [9.17, 15) is 4.79 Å². The Balaban J connectivity index is 1.29. The van der Waals surface area contributed by atoms with Gasteiger partial charge in [-0.2, -0.15) is 0 Å². The lowest BCUT2D eigenvalue weighted by Crippen LogP contribution is -2.23. The van der Waals surface area contributed by atoms with Crippen LogP contribution in [-0.4, -0.2) is 10.9 Å². The number of anilines is 1. The molecule has 0 radical (unpaired) electrons. The summed E-state index contributed by atoms with van der Waals surface area (Å²) in [5, 5.41) is 6.10. The van der Waals surface area contributed by atoms with Gasteiger partial charge in [-0.15, -0.1) is 11.3 Å². The smallest absolute Gasteiger partial charge is 0.251 e. The maximum atomic E-state index is 12.8. The fourth-order valence-corrected chi connectivity index (χ4v) is 5.23. The topological polar surface area (TPSA) is 71.2 Å². The van der Waals surface area contributed by atoms with E-state index in [1.165, 1.54) is 11.1 Å². The summed E-state index contributed by atoms with van der Waals surface area (Å²) in [7, 11) is 0. The third kappa shape index (κ3) is 6.99. The van der Waals surface area contributed by atoms with Gasteiger partial charge in [0.05, 0.1) is 5.69 Å². The normalized spacial score (nSPS) is 10.8. The highest BCUT2D eigenvalue weighted by molar-refractivity contribution is 7.14. The Labute approximate surface area is 234 Å². The first kappa shape index (κ1) is 26.4. The number of hydrogen-bond donors (Lipinski definition) is 2. The van der Waals surface area contributed by atoms with Crippen LogP contribution < -0.4 is 16.0 Å². The number of rotatable bonds is 10. The SMILES string of the molecule is Cc1ccc(-c2csc(N(Cc3ccccc3)Cc3ccc(C(=O)NCc4cccc(CN)c4)cc3)n2)cc1. The number of amides is 1. The Morgan fingerprint density at radius 3 is 2.21 bits per heavy atom. The van der Waals surface area contributed by atoms with Gasteiger partial charge in [-0.3, -0.25) is 4.79 Å². The van der Waals surface area contributed by atoms with E-state index in [-0.39, 0.29) is 5.91 Å². The summed E-state index contributed by atoms with van der Waals surface area (Å²) >= 11 is 1.65. The molecule has 0 saturated carbocycles. The first-order valence-electron chi connectivity index (χ1n) is 13.0. The Morgan fingerprint density at radius 1 is 0.821 bits per heavy atom. The molecule has 4 aromatic carbocycles. The molecule has 0 bridgehead atoms. The standard InChI is InChI=1S/C33H32N4OS/c1-24-10-14-29(15-11-24)31-23-39-33(36-31)37(21-25-6-3-2-4-7-25)22-26-12-16-30(17-13-26)32(38)35-20-28-9-5-8-27(18-28)19-34/h2-18,23H,19-22,34H2,1H3,(H,35,38). The summed E-state index contributed by atoms with van der Waals surface area (Å²) in [5.74, 6) is -0.0940. The second kappa shape index (κ2) is 12.5. The van der Waals surface area contributed by atoms with Gasteiger partial charge in [0, 0.05) is 42.7 Å². The highest BCUT2D eigenvalue weighted by Gasteiger charge is 2.15. The first-order chi connectivity index (χ1) is 19.1. The Morgan fingerprint density at radius 2 is 1.49 bits per heavy atom. The van der Waals surface area contributed by atoms with E-state index in [0.717, 1.165) is 39.6 Å². The van der Waals surface area contributed by atoms with Crippen LogP contribution in [0.5, 0.6) is 0 Å². The third-order valence-corrected chi connectivity index (χ3v) is 7.50. The lowest BCUT2D eigenvalue weighted by molar-refractivity contribution is 0.0951. The van der Waals surface area contributed by atoms with Crippen LogP contribution >= 0.6 is 11.3 Å². The summed E-state index contributed by atoms with van der Waals surface area (Å²) in [6, 6.07) is 34.7. The number of benzene rings is 4. The van der Waals surface area contributed by atoms with Gasteiger partial charge in [0.25, 0.3) is 5.91 Å². The van der Waals surface area contributed by atoms with Crippen molar-refractivity contribution in [3.63, 3.8) is 0 Å². The van der Waals surface area contributed by atoms with Gasteiger partial charge in [-0.1, -0.05) is 96.6 Å². The van der Waals surface area contributed by atoms with Crippen LogP contribution in [0, 0.1) is 6.92 Å². The summed E-state index contributed by atoms with van der Waals surface area (Å²) in [6.45, 7) is 4.47. The van der Waals surface area contributed by atoms with E-state index in [4.69, 9.17) is 10.7 Å². The molecule has 0 aliphatic heterocycles. The molecule has 5 nitrogen and oxygen atoms in total. The number of carbonyl (C=O) groups is 1. The fourth-order valence-electron chi connectivity index (χ4n) is 4.39. The van der Waals surface area contributed by atoms with Crippen LogP contribution in [0.2, 0.25) is 0 Å². The van der Waals surface area contributed by atoms with Crippen LogP contribution in [0.3, 0.4) is 0 Å². The molecule has 5 aromatic rings. The van der Waals surface area contributed by atoms with E-state index < -0.39 is 0 Å². The van der Waals surface area contributed by atoms with Crippen molar-refractivity contribution in [1.29, 1.82) is 0 Å². The van der Waals surface area contributed by atoms with Crippen LogP contribution in [0.15, 0.2) is 109 Å². The molecule has 1 amide bonds. The minimum Gasteiger partial charge on any atom is -0.348 e. The largest absolute Gasteiger partial charge is 0.348 e. The average Bonchev–Trinajstić information content (AvgIpc) is 3.47. The summed E-state index contributed by atoms with van der Waals surface area (Å²) in [6.07, 6.45) is 0. The molecular weight excluding hydrogens is 500 g/mol. The Hall–Kier alpha value is -4.26. The Bertz CT molecular complexity index is 1510. The molecule has 1 heterocycles. The zero-order chi connectivity index (χ0) is 27.0. The molecule has 0 aliphatic carbocycles. The van der Waals surface area contributed by atoms with E-state index >= 15 is 0 Å². The van der Waals surface area contributed by atoms with Crippen LogP contribution in [0.4, 0.5) is 5.13 Å². The molecule has 0 fully saturated rings. The molecular formula is C33H32N4OS. The lowest BCUT2D eigenvalue weighted by Gasteiger charge is -2.22. The number of aromatic nitrogens is 1. The number of nitrogens with one attached hydrogen (secondary N) is 1.